The van der Waals surface area contributed by atoms with Crippen molar-refractivity contribution in [3.63, 3.8) is 0 Å². The second-order valence-corrected chi connectivity index (χ2v) is 7.31. The van der Waals surface area contributed by atoms with Gasteiger partial charge in [-0.05, 0) is 36.5 Å². The van der Waals surface area contributed by atoms with Crippen LogP contribution < -0.4 is 5.32 Å². The monoisotopic (exact) mass is 379 g/mol. The van der Waals surface area contributed by atoms with Crippen molar-refractivity contribution in [3.8, 4) is 11.1 Å². The van der Waals surface area contributed by atoms with E-state index >= 15 is 0 Å². The predicted molar refractivity (Wildman–Crippen MR) is 104 cm³/mol. The van der Waals surface area contributed by atoms with Gasteiger partial charge in [-0.2, -0.15) is 5.10 Å². The van der Waals surface area contributed by atoms with E-state index in [0.717, 1.165) is 5.56 Å². The zero-order chi connectivity index (χ0) is 19.7. The first kappa shape index (κ1) is 18.4. The van der Waals surface area contributed by atoms with Crippen LogP contribution in [0.1, 0.15) is 34.8 Å². The minimum absolute atomic E-state index is 0.142. The van der Waals surface area contributed by atoms with Gasteiger partial charge in [0.25, 0.3) is 5.91 Å². The molecule has 1 aromatic heterocycles. The fourth-order valence-electron chi connectivity index (χ4n) is 3.79. The summed E-state index contributed by atoms with van der Waals surface area (Å²) >= 11 is 0. The molecule has 1 saturated carbocycles. The number of carbonyl (C=O) groups is 1. The Balaban J connectivity index is 1.65. The summed E-state index contributed by atoms with van der Waals surface area (Å²) < 4.78 is 16.0. The molecule has 3 aromatic rings. The summed E-state index contributed by atoms with van der Waals surface area (Å²) in [6.45, 7) is 0. The number of aliphatic hydroxyl groups is 1. The van der Waals surface area contributed by atoms with Crippen molar-refractivity contribution in [2.24, 2.45) is 13.0 Å². The third kappa shape index (κ3) is 3.55. The van der Waals surface area contributed by atoms with Crippen LogP contribution >= 0.6 is 0 Å². The Hall–Kier alpha value is -2.99. The maximum atomic E-state index is 14.3. The van der Waals surface area contributed by atoms with Gasteiger partial charge in [0.2, 0.25) is 0 Å². The van der Waals surface area contributed by atoms with Gasteiger partial charge >= 0.3 is 0 Å². The van der Waals surface area contributed by atoms with Gasteiger partial charge in [0.15, 0.2) is 0 Å². The molecule has 1 atom stereocenters. The molecule has 0 saturated heterocycles. The molecule has 0 spiro atoms. The van der Waals surface area contributed by atoms with E-state index in [0.29, 0.717) is 29.5 Å². The van der Waals surface area contributed by atoms with E-state index in [2.05, 4.69) is 10.4 Å². The molecule has 1 unspecified atom stereocenters. The molecule has 28 heavy (non-hydrogen) atoms. The number of aryl methyl sites for hydroxylation is 1. The molecule has 0 radical (unpaired) electrons. The highest BCUT2D eigenvalue weighted by Gasteiger charge is 2.36. The van der Waals surface area contributed by atoms with Crippen LogP contribution in [0, 0.1) is 11.7 Å². The van der Waals surface area contributed by atoms with Gasteiger partial charge in [-0.1, -0.05) is 36.4 Å². The molecule has 0 bridgehead atoms. The van der Waals surface area contributed by atoms with Crippen LogP contribution in [-0.2, 0) is 7.05 Å². The number of nitrogens with zero attached hydrogens (tertiary/aromatic N) is 2. The molecule has 4 rings (SSSR count). The molecule has 6 heteroatoms. The molecule has 144 valence electrons. The van der Waals surface area contributed by atoms with E-state index in [4.69, 9.17) is 0 Å². The second-order valence-electron chi connectivity index (χ2n) is 7.31. The van der Waals surface area contributed by atoms with Crippen LogP contribution in [-0.4, -0.2) is 26.9 Å². The summed E-state index contributed by atoms with van der Waals surface area (Å²) in [5.41, 5.74) is 2.26. The molecule has 5 nitrogen and oxygen atoms in total. The van der Waals surface area contributed by atoms with Crippen molar-refractivity contribution >= 4 is 5.91 Å². The molecule has 1 aliphatic carbocycles. The van der Waals surface area contributed by atoms with Gasteiger partial charge in [0, 0.05) is 29.9 Å². The first-order chi connectivity index (χ1) is 13.5. The van der Waals surface area contributed by atoms with Crippen molar-refractivity contribution in [2.75, 3.05) is 0 Å². The molecule has 1 aliphatic rings. The van der Waals surface area contributed by atoms with Crippen molar-refractivity contribution in [1.29, 1.82) is 0 Å². The van der Waals surface area contributed by atoms with Crippen molar-refractivity contribution in [3.05, 3.63) is 77.9 Å². The molecule has 2 N–H and O–H groups in total. The van der Waals surface area contributed by atoms with Gasteiger partial charge in [0.1, 0.15) is 5.82 Å². The maximum Gasteiger partial charge on any atom is 0.252 e. The quantitative estimate of drug-likeness (QED) is 0.713. The fraction of sp³-hybridized carbons (Fsp3) is 0.273. The summed E-state index contributed by atoms with van der Waals surface area (Å²) in [4.78, 5) is 13.1. The maximum absolute atomic E-state index is 14.3. The largest absolute Gasteiger partial charge is 0.393 e. The number of amides is 1. The van der Waals surface area contributed by atoms with Crippen LogP contribution in [0.5, 0.6) is 0 Å². The number of benzene rings is 2. The highest BCUT2D eigenvalue weighted by Crippen LogP contribution is 2.38. The average molecular weight is 379 g/mol. The first-order valence-electron chi connectivity index (χ1n) is 9.34. The number of aromatic nitrogens is 2. The summed E-state index contributed by atoms with van der Waals surface area (Å²) in [6, 6.07) is 13.2. The summed E-state index contributed by atoms with van der Waals surface area (Å²) in [5, 5.41) is 17.0. The first-order valence-corrected chi connectivity index (χ1v) is 9.34. The molecule has 0 aliphatic heterocycles. The van der Waals surface area contributed by atoms with Gasteiger partial charge in [-0.3, -0.25) is 9.48 Å². The topological polar surface area (TPSA) is 67.2 Å². The minimum atomic E-state index is -0.367. The Morgan fingerprint density at radius 1 is 1.18 bits per heavy atom. The SMILES string of the molecule is Cn1cc(C(NC(=O)c2ccccc2-c2ccccc2F)C2CC(O)C2)cn1. The molecule has 1 heterocycles. The Bertz CT molecular complexity index is 995. The van der Waals surface area contributed by atoms with Crippen molar-refractivity contribution in [1.82, 2.24) is 15.1 Å². The van der Waals surface area contributed by atoms with Gasteiger partial charge in [-0.25, -0.2) is 4.39 Å². The number of halogens is 1. The zero-order valence-corrected chi connectivity index (χ0v) is 15.5. The number of rotatable bonds is 5. The van der Waals surface area contributed by atoms with Gasteiger partial charge in [-0.15, -0.1) is 0 Å². The third-order valence-corrected chi connectivity index (χ3v) is 5.33. The summed E-state index contributed by atoms with van der Waals surface area (Å²) in [7, 11) is 1.82. The Morgan fingerprint density at radius 3 is 2.50 bits per heavy atom. The number of hydrogen-bond acceptors (Lipinski definition) is 3. The lowest BCUT2D eigenvalue weighted by atomic mass is 9.75. The standard InChI is InChI=1S/C22H22FN3O2/c1-26-13-15(12-24-26)21(14-10-16(27)11-14)25-22(28)19-8-3-2-6-17(19)18-7-4-5-9-20(18)23/h2-9,12-14,16,21,27H,10-11H2,1H3,(H,25,28). The normalized spacial score (nSPS) is 19.7. The lowest BCUT2D eigenvalue weighted by Crippen LogP contribution is -2.41. The van der Waals surface area contributed by atoms with E-state index in [9.17, 15) is 14.3 Å². The molecule has 1 fully saturated rings. The van der Waals surface area contributed by atoms with E-state index in [-0.39, 0.29) is 29.8 Å². The average Bonchev–Trinajstić information content (AvgIpc) is 3.10. The number of aliphatic hydroxyl groups excluding tert-OH is 1. The number of nitrogens with one attached hydrogen (secondary N) is 1. The summed E-state index contributed by atoms with van der Waals surface area (Å²) in [6.07, 6.45) is 4.55. The van der Waals surface area contributed by atoms with Crippen LogP contribution in [0.2, 0.25) is 0 Å². The Labute approximate surface area is 162 Å². The molecule has 2 aromatic carbocycles. The van der Waals surface area contributed by atoms with Crippen LogP contribution in [0.3, 0.4) is 0 Å². The molecular weight excluding hydrogens is 357 g/mol. The van der Waals surface area contributed by atoms with E-state index in [1.54, 1.807) is 53.3 Å². The highest BCUT2D eigenvalue weighted by molar-refractivity contribution is 6.01. The molecular formula is C22H22FN3O2. The van der Waals surface area contributed by atoms with Crippen molar-refractivity contribution in [2.45, 2.75) is 25.0 Å². The molecule has 1 amide bonds. The second kappa shape index (κ2) is 7.56. The van der Waals surface area contributed by atoms with E-state index < -0.39 is 0 Å². The Kier molecular flexibility index (Phi) is 4.96. The van der Waals surface area contributed by atoms with Gasteiger partial charge < -0.3 is 10.4 Å². The summed E-state index contributed by atoms with van der Waals surface area (Å²) in [5.74, 6) is -0.494. The highest BCUT2D eigenvalue weighted by atomic mass is 19.1. The van der Waals surface area contributed by atoms with Crippen LogP contribution in [0.25, 0.3) is 11.1 Å². The van der Waals surface area contributed by atoms with E-state index in [1.807, 2.05) is 13.2 Å². The van der Waals surface area contributed by atoms with Crippen LogP contribution in [0.15, 0.2) is 60.9 Å². The predicted octanol–water partition coefficient (Wildman–Crippen LogP) is 3.47. The lowest BCUT2D eigenvalue weighted by molar-refractivity contribution is 0.0235. The fourth-order valence-corrected chi connectivity index (χ4v) is 3.79. The zero-order valence-electron chi connectivity index (χ0n) is 15.5. The minimum Gasteiger partial charge on any atom is -0.393 e. The van der Waals surface area contributed by atoms with Crippen molar-refractivity contribution < 1.29 is 14.3 Å². The van der Waals surface area contributed by atoms with Gasteiger partial charge in [0.05, 0.1) is 18.3 Å². The number of carbonyl (C=O) groups excluding carboxylic acids is 1. The Morgan fingerprint density at radius 2 is 1.86 bits per heavy atom. The van der Waals surface area contributed by atoms with E-state index in [1.165, 1.54) is 6.07 Å². The smallest absolute Gasteiger partial charge is 0.252 e. The lowest BCUT2D eigenvalue weighted by Gasteiger charge is -2.37. The van der Waals surface area contributed by atoms with Crippen LogP contribution in [0.4, 0.5) is 4.39 Å². The number of hydrogen-bond donors (Lipinski definition) is 2. The third-order valence-electron chi connectivity index (χ3n) is 5.33.